The molecule has 47 heavy (non-hydrogen) atoms. The molecule has 0 amide bonds. The molecule has 0 saturated carbocycles. The fourth-order valence-electron chi connectivity index (χ4n) is 5.16. The fourth-order valence-corrected chi connectivity index (χ4v) is 5.16. The molecule has 0 fully saturated rings. The van der Waals surface area contributed by atoms with E-state index in [1.165, 1.54) is 64.2 Å². The first-order chi connectivity index (χ1) is 22.8. The van der Waals surface area contributed by atoms with E-state index in [1.807, 2.05) is 0 Å². The van der Waals surface area contributed by atoms with Crippen molar-refractivity contribution in [3.63, 3.8) is 0 Å². The third-order valence-corrected chi connectivity index (χ3v) is 8.05. The molecule has 2 atom stereocenters. The molecule has 0 radical (unpaired) electrons. The Morgan fingerprint density at radius 1 is 0.532 bits per heavy atom. The number of unbranched alkanes of at least 4 members (excludes halogenated alkanes) is 12. The summed E-state index contributed by atoms with van der Waals surface area (Å²) in [6.45, 7) is 6.39. The van der Waals surface area contributed by atoms with Gasteiger partial charge in [-0.3, -0.25) is 9.59 Å². The van der Waals surface area contributed by atoms with Crippen LogP contribution in [0, 0.1) is 5.92 Å². The maximum Gasteiger partial charge on any atom is 0.305 e. The van der Waals surface area contributed by atoms with Crippen molar-refractivity contribution >= 4 is 11.9 Å². The number of ether oxygens (including phenoxy) is 2. The minimum atomic E-state index is -0.995. The Labute approximate surface area is 289 Å². The van der Waals surface area contributed by atoms with Crippen LogP contribution in [0.3, 0.4) is 0 Å². The van der Waals surface area contributed by atoms with E-state index in [9.17, 15) is 19.8 Å². The molecule has 0 heterocycles. The van der Waals surface area contributed by atoms with Gasteiger partial charge in [-0.15, -0.1) is 0 Å². The highest BCUT2D eigenvalue weighted by molar-refractivity contribution is 5.69. The van der Waals surface area contributed by atoms with Crippen LogP contribution in [0.5, 0.6) is 0 Å². The standard InChI is InChI=1S/C41H72O6/c1-4-30-38(42)32-27-23-19-15-11-6-5-7-12-16-20-24-28-33-40(44)46-35-39(43)36-47-41(45)34-29-25-21-17-13-9-8-10-14-18-22-26-31-37(2)3/h5,7,11,15-16,20,23,27,37-39,42-43H,4,6,8-10,12-14,17-19,21-22,24-26,28-36H2,1-3H3/b7-5-,15-11-,20-16-,27-23-/t38?,39-/m0/s1. The Hall–Kier alpha value is -2.18. The molecular formula is C41H72O6. The lowest BCUT2D eigenvalue weighted by atomic mass is 10.0. The molecule has 0 aromatic carbocycles. The van der Waals surface area contributed by atoms with Crippen LogP contribution >= 0.6 is 0 Å². The Morgan fingerprint density at radius 2 is 0.957 bits per heavy atom. The molecule has 0 aliphatic carbocycles. The Kier molecular flexibility index (Phi) is 33.5. The third-order valence-electron chi connectivity index (χ3n) is 8.05. The molecule has 272 valence electrons. The van der Waals surface area contributed by atoms with Gasteiger partial charge >= 0.3 is 11.9 Å². The number of carbonyl (C=O) groups is 2. The summed E-state index contributed by atoms with van der Waals surface area (Å²) >= 11 is 0. The van der Waals surface area contributed by atoms with Crippen LogP contribution in [-0.4, -0.2) is 47.6 Å². The van der Waals surface area contributed by atoms with Gasteiger partial charge in [-0.1, -0.05) is 153 Å². The van der Waals surface area contributed by atoms with Crippen molar-refractivity contribution in [2.75, 3.05) is 13.2 Å². The molecule has 0 aromatic heterocycles. The van der Waals surface area contributed by atoms with Gasteiger partial charge in [0.2, 0.25) is 0 Å². The van der Waals surface area contributed by atoms with Crippen molar-refractivity contribution in [3.05, 3.63) is 48.6 Å². The summed E-state index contributed by atoms with van der Waals surface area (Å²) in [4.78, 5) is 23.9. The number of allylic oxidation sites excluding steroid dienone is 7. The van der Waals surface area contributed by atoms with Crippen molar-refractivity contribution in [1.29, 1.82) is 0 Å². The van der Waals surface area contributed by atoms with E-state index in [4.69, 9.17) is 9.47 Å². The third kappa shape index (κ3) is 36.5. The Bertz CT molecular complexity index is 828. The van der Waals surface area contributed by atoms with Crippen LogP contribution in [0.4, 0.5) is 0 Å². The van der Waals surface area contributed by atoms with Crippen LogP contribution in [-0.2, 0) is 19.1 Å². The number of aliphatic hydroxyl groups excluding tert-OH is 2. The van der Waals surface area contributed by atoms with E-state index in [0.717, 1.165) is 70.1 Å². The molecule has 0 saturated heterocycles. The second-order valence-electron chi connectivity index (χ2n) is 13.4. The first kappa shape index (κ1) is 44.8. The van der Waals surface area contributed by atoms with Crippen molar-refractivity contribution < 1.29 is 29.3 Å². The molecule has 2 N–H and O–H groups in total. The van der Waals surface area contributed by atoms with Gasteiger partial charge in [-0.25, -0.2) is 0 Å². The predicted octanol–water partition coefficient (Wildman–Crippen LogP) is 10.7. The quantitative estimate of drug-likeness (QED) is 0.0413. The van der Waals surface area contributed by atoms with Gasteiger partial charge in [0.05, 0.1) is 6.10 Å². The van der Waals surface area contributed by atoms with Crippen LogP contribution in [0.2, 0.25) is 0 Å². The van der Waals surface area contributed by atoms with E-state index in [-0.39, 0.29) is 31.3 Å². The van der Waals surface area contributed by atoms with Crippen molar-refractivity contribution in [1.82, 2.24) is 0 Å². The summed E-state index contributed by atoms with van der Waals surface area (Å²) < 4.78 is 10.3. The highest BCUT2D eigenvalue weighted by Crippen LogP contribution is 2.14. The molecule has 0 aliphatic heterocycles. The number of rotatable bonds is 33. The number of hydrogen-bond acceptors (Lipinski definition) is 6. The minimum absolute atomic E-state index is 0.142. The second-order valence-corrected chi connectivity index (χ2v) is 13.4. The molecule has 1 unspecified atom stereocenters. The molecule has 0 aliphatic rings. The normalized spacial score (nSPS) is 13.5. The highest BCUT2D eigenvalue weighted by Gasteiger charge is 2.12. The van der Waals surface area contributed by atoms with E-state index in [2.05, 4.69) is 69.4 Å². The Morgan fingerprint density at radius 3 is 1.45 bits per heavy atom. The molecule has 6 heteroatoms. The second kappa shape index (κ2) is 35.1. The lowest BCUT2D eigenvalue weighted by molar-refractivity contribution is -0.152. The lowest BCUT2D eigenvalue weighted by Crippen LogP contribution is -2.25. The summed E-state index contributed by atoms with van der Waals surface area (Å²) in [7, 11) is 0. The molecule has 0 bridgehead atoms. The minimum Gasteiger partial charge on any atom is -0.463 e. The summed E-state index contributed by atoms with van der Waals surface area (Å²) in [5.74, 6) is 0.186. The SMILES string of the molecule is CCCC(O)C/C=C\C/C=C\C/C=C\C/C=C\CCCC(=O)OC[C@H](O)COC(=O)CCCCCCCCCCCCCCC(C)C. The fraction of sp³-hybridized carbons (Fsp3) is 0.756. The van der Waals surface area contributed by atoms with E-state index in [0.29, 0.717) is 19.3 Å². The maximum absolute atomic E-state index is 11.9. The van der Waals surface area contributed by atoms with Gasteiger partial charge in [-0.05, 0) is 57.3 Å². The monoisotopic (exact) mass is 661 g/mol. The van der Waals surface area contributed by atoms with Crippen LogP contribution in [0.25, 0.3) is 0 Å². The van der Waals surface area contributed by atoms with Gasteiger partial charge in [0.1, 0.15) is 19.3 Å². The topological polar surface area (TPSA) is 93.1 Å². The largest absolute Gasteiger partial charge is 0.463 e. The van der Waals surface area contributed by atoms with Gasteiger partial charge in [-0.2, -0.15) is 0 Å². The summed E-state index contributed by atoms with van der Waals surface area (Å²) in [5.41, 5.74) is 0. The van der Waals surface area contributed by atoms with E-state index >= 15 is 0 Å². The highest BCUT2D eigenvalue weighted by atomic mass is 16.6. The zero-order chi connectivity index (χ0) is 34.6. The molecule has 0 rings (SSSR count). The summed E-state index contributed by atoms with van der Waals surface area (Å²) in [5, 5.41) is 19.7. The molecular weight excluding hydrogens is 588 g/mol. The van der Waals surface area contributed by atoms with Crippen molar-refractivity contribution in [3.8, 4) is 0 Å². The average Bonchev–Trinajstić information content (AvgIpc) is 3.04. The summed E-state index contributed by atoms with van der Waals surface area (Å²) in [6, 6.07) is 0. The zero-order valence-corrected chi connectivity index (χ0v) is 30.6. The zero-order valence-electron chi connectivity index (χ0n) is 30.6. The first-order valence-electron chi connectivity index (χ1n) is 19.1. The molecule has 6 nitrogen and oxygen atoms in total. The van der Waals surface area contributed by atoms with Crippen molar-refractivity contribution in [2.24, 2.45) is 5.92 Å². The maximum atomic E-state index is 11.9. The lowest BCUT2D eigenvalue weighted by Gasteiger charge is -2.12. The van der Waals surface area contributed by atoms with Gasteiger partial charge in [0, 0.05) is 12.8 Å². The van der Waals surface area contributed by atoms with E-state index < -0.39 is 6.10 Å². The number of esters is 2. The number of aliphatic hydroxyl groups is 2. The average molecular weight is 661 g/mol. The molecule has 0 spiro atoms. The van der Waals surface area contributed by atoms with Crippen molar-refractivity contribution in [2.45, 2.75) is 181 Å². The number of hydrogen-bond donors (Lipinski definition) is 2. The number of carbonyl (C=O) groups excluding carboxylic acids is 2. The summed E-state index contributed by atoms with van der Waals surface area (Å²) in [6.07, 6.45) is 39.4. The predicted molar refractivity (Wildman–Crippen MR) is 197 cm³/mol. The van der Waals surface area contributed by atoms with Crippen LogP contribution < -0.4 is 0 Å². The van der Waals surface area contributed by atoms with E-state index in [1.54, 1.807) is 0 Å². The van der Waals surface area contributed by atoms with Crippen LogP contribution in [0.15, 0.2) is 48.6 Å². The Balaban J connectivity index is 3.57. The van der Waals surface area contributed by atoms with Gasteiger partial charge in [0.15, 0.2) is 0 Å². The van der Waals surface area contributed by atoms with Gasteiger partial charge in [0.25, 0.3) is 0 Å². The van der Waals surface area contributed by atoms with Crippen LogP contribution in [0.1, 0.15) is 168 Å². The smallest absolute Gasteiger partial charge is 0.305 e. The molecule has 0 aromatic rings. The van der Waals surface area contributed by atoms with Gasteiger partial charge < -0.3 is 19.7 Å². The first-order valence-corrected chi connectivity index (χ1v) is 19.1.